The molecule has 1 unspecified atom stereocenters. The molecule has 42 heavy (non-hydrogen) atoms. The van der Waals surface area contributed by atoms with Crippen LogP contribution in [-0.2, 0) is 27.0 Å². The summed E-state index contributed by atoms with van der Waals surface area (Å²) in [6, 6.07) is 25.9. The summed E-state index contributed by atoms with van der Waals surface area (Å²) in [5.41, 5.74) is 3.92. The molecule has 3 aromatic rings. The second kappa shape index (κ2) is 12.7. The predicted octanol–water partition coefficient (Wildman–Crippen LogP) is 6.80. The molecule has 4 aliphatic carbocycles. The van der Waals surface area contributed by atoms with Crippen molar-refractivity contribution in [2.24, 2.45) is 23.2 Å². The third-order valence-corrected chi connectivity index (χ3v) is 10.4. The molecule has 0 spiro atoms. The lowest BCUT2D eigenvalue weighted by atomic mass is 9.48. The zero-order chi connectivity index (χ0) is 30.0. The Hall–Kier alpha value is -2.37. The number of aliphatic hydroxyl groups is 1. The van der Waals surface area contributed by atoms with Crippen LogP contribution in [0.25, 0.3) is 22.3 Å². The lowest BCUT2D eigenvalue weighted by molar-refractivity contribution is -0.147. The van der Waals surface area contributed by atoms with Gasteiger partial charge in [0.1, 0.15) is 6.61 Å². The van der Waals surface area contributed by atoms with E-state index in [9.17, 15) is 30.7 Å². The molecule has 4 bridgehead atoms. The van der Waals surface area contributed by atoms with Gasteiger partial charge in [-0.3, -0.25) is 0 Å². The van der Waals surface area contributed by atoms with E-state index in [1.54, 1.807) is 0 Å². The molecule has 5 nitrogen and oxygen atoms in total. The summed E-state index contributed by atoms with van der Waals surface area (Å²) in [7, 11) is -5.74. The van der Waals surface area contributed by atoms with Gasteiger partial charge in [-0.2, -0.15) is 8.78 Å². The van der Waals surface area contributed by atoms with Crippen LogP contribution in [0.2, 0.25) is 0 Å². The van der Waals surface area contributed by atoms with Gasteiger partial charge in [0.15, 0.2) is 10.1 Å². The van der Waals surface area contributed by atoms with Crippen LogP contribution >= 0.6 is 0 Å². The quantitative estimate of drug-likeness (QED) is 0.162. The average Bonchev–Trinajstić information content (AvgIpc) is 2.96. The topological polar surface area (TPSA) is 86.7 Å². The Morgan fingerprint density at radius 1 is 0.881 bits per heavy atom. The molecular formula is C32H35F3O5S2. The molecule has 0 amide bonds. The summed E-state index contributed by atoms with van der Waals surface area (Å²) in [5.74, 6) is 1.80. The van der Waals surface area contributed by atoms with Crippen molar-refractivity contribution in [1.29, 1.82) is 0 Å². The number of ether oxygens (including phenoxy) is 1. The van der Waals surface area contributed by atoms with Crippen molar-refractivity contribution in [3.63, 3.8) is 0 Å². The number of alkyl halides is 2. The smallest absolute Gasteiger partial charge is 0.357 e. The molecule has 0 radical (unpaired) electrons. The Bertz CT molecular complexity index is 1420. The minimum atomic E-state index is -5.74. The third-order valence-electron chi connectivity index (χ3n) is 8.98. The molecule has 7 rings (SSSR count). The third kappa shape index (κ3) is 6.73. The summed E-state index contributed by atoms with van der Waals surface area (Å²) in [4.78, 5) is 0.706. The van der Waals surface area contributed by atoms with Crippen LogP contribution in [0.4, 0.5) is 12.7 Å². The highest BCUT2D eigenvalue weighted by Gasteiger charge is 2.54. The first-order chi connectivity index (χ1) is 20.0. The molecule has 4 fully saturated rings. The summed E-state index contributed by atoms with van der Waals surface area (Å²) < 4.78 is 75.3. The fourth-order valence-electron chi connectivity index (χ4n) is 7.50. The van der Waals surface area contributed by atoms with Crippen molar-refractivity contribution in [1.82, 2.24) is 0 Å². The molecule has 0 heterocycles. The van der Waals surface area contributed by atoms with Gasteiger partial charge in [-0.15, -0.1) is 0 Å². The second-order valence-electron chi connectivity index (χ2n) is 11.9. The van der Waals surface area contributed by atoms with Crippen LogP contribution in [0.3, 0.4) is 0 Å². The van der Waals surface area contributed by atoms with Crippen LogP contribution in [0.5, 0.6) is 0 Å². The Morgan fingerprint density at radius 2 is 1.40 bits per heavy atom. The van der Waals surface area contributed by atoms with Gasteiger partial charge in [0.2, 0.25) is 17.0 Å². The molecule has 4 aliphatic rings. The van der Waals surface area contributed by atoms with Gasteiger partial charge in [-0.1, -0.05) is 72.8 Å². The standard InChI is InChI=1S/C18H13FS.C14H22F2O5S/c19-20-17-13-7-12-16(14-8-3-1-4-9-14)18(17)15-10-5-2-6-11-15;15-14(16,22(18,19)20)8-21-7-12(17)13-4-9-1-10(5-13)3-11(2-9)6-13/h1-13H;9-12,17H,1-8H2,(H,18,19,20). The van der Waals surface area contributed by atoms with E-state index in [-0.39, 0.29) is 24.2 Å². The Labute approximate surface area is 249 Å². The molecule has 10 heteroatoms. The predicted molar refractivity (Wildman–Crippen MR) is 158 cm³/mol. The first-order valence-corrected chi connectivity index (χ1v) is 16.4. The molecular weight excluding hydrogens is 585 g/mol. The molecule has 1 atom stereocenters. The van der Waals surface area contributed by atoms with E-state index in [0.717, 1.165) is 41.5 Å². The largest absolute Gasteiger partial charge is 0.743 e. The molecule has 3 aromatic carbocycles. The number of thiol groups is 1. The molecule has 226 valence electrons. The van der Waals surface area contributed by atoms with Gasteiger partial charge in [0.25, 0.3) is 0 Å². The second-order valence-corrected chi connectivity index (χ2v) is 14.1. The van der Waals surface area contributed by atoms with Gasteiger partial charge in [0.05, 0.1) is 12.7 Å². The van der Waals surface area contributed by atoms with Gasteiger partial charge >= 0.3 is 5.25 Å². The summed E-state index contributed by atoms with van der Waals surface area (Å²) in [6.45, 7) is -1.85. The van der Waals surface area contributed by atoms with Gasteiger partial charge in [-0.05, 0) is 84.5 Å². The maximum absolute atomic E-state index is 13.3. The normalized spacial score (nSPS) is 25.5. The monoisotopic (exact) mass is 620 g/mol. The number of halogens is 3. The van der Waals surface area contributed by atoms with E-state index < -0.39 is 28.1 Å². The minimum Gasteiger partial charge on any atom is -0.743 e. The average molecular weight is 621 g/mol. The zero-order valence-electron chi connectivity index (χ0n) is 23.0. The first kappa shape index (κ1) is 31.1. The number of rotatable bonds is 9. The van der Waals surface area contributed by atoms with Gasteiger partial charge in [0, 0.05) is 9.45 Å². The van der Waals surface area contributed by atoms with Crippen LogP contribution in [0.1, 0.15) is 38.5 Å². The van der Waals surface area contributed by atoms with E-state index in [1.807, 2.05) is 66.7 Å². The van der Waals surface area contributed by atoms with E-state index in [2.05, 4.69) is 12.1 Å². The number of hydrogen-bond donors (Lipinski definition) is 1. The number of benzene rings is 3. The van der Waals surface area contributed by atoms with Crippen molar-refractivity contribution in [2.45, 2.75) is 54.8 Å². The van der Waals surface area contributed by atoms with Crippen molar-refractivity contribution in [3.05, 3.63) is 78.9 Å². The van der Waals surface area contributed by atoms with Crippen molar-refractivity contribution in [2.75, 3.05) is 13.2 Å². The van der Waals surface area contributed by atoms with E-state index in [4.69, 9.17) is 4.74 Å². The van der Waals surface area contributed by atoms with Crippen LogP contribution in [0, 0.1) is 23.2 Å². The van der Waals surface area contributed by atoms with Crippen molar-refractivity contribution < 1.29 is 35.5 Å². The van der Waals surface area contributed by atoms with Gasteiger partial charge in [-0.25, -0.2) is 8.42 Å². The maximum atomic E-state index is 13.3. The molecule has 0 aromatic heterocycles. The lowest BCUT2D eigenvalue weighted by Crippen LogP contribution is -2.53. The highest BCUT2D eigenvalue weighted by Crippen LogP contribution is 2.61. The summed E-state index contributed by atoms with van der Waals surface area (Å²) >= 11 is -0.203. The lowest BCUT2D eigenvalue weighted by Gasteiger charge is -2.58. The van der Waals surface area contributed by atoms with Crippen LogP contribution in [-0.4, -0.2) is 42.6 Å². The molecule has 1 N–H and O–H groups in total. The molecule has 0 aliphatic heterocycles. The van der Waals surface area contributed by atoms with Crippen LogP contribution in [0.15, 0.2) is 83.8 Å². The molecule has 4 saturated carbocycles. The molecule has 0 saturated heterocycles. The fraction of sp³-hybridized carbons (Fsp3) is 0.438. The Kier molecular flexibility index (Phi) is 9.39. The fourth-order valence-corrected chi connectivity index (χ4v) is 8.21. The van der Waals surface area contributed by atoms with E-state index in [1.165, 1.54) is 19.3 Å². The van der Waals surface area contributed by atoms with Crippen LogP contribution < -0.4 is 0 Å². The maximum Gasteiger partial charge on any atom is 0.357 e. The van der Waals surface area contributed by atoms with Crippen molar-refractivity contribution in [3.8, 4) is 22.3 Å². The van der Waals surface area contributed by atoms with E-state index >= 15 is 0 Å². The number of hydrogen-bond acceptors (Lipinski definition) is 5. The van der Waals surface area contributed by atoms with Crippen molar-refractivity contribution >= 4 is 22.3 Å². The Morgan fingerprint density at radius 3 is 1.90 bits per heavy atom. The highest BCUT2D eigenvalue weighted by molar-refractivity contribution is 7.86. The van der Waals surface area contributed by atoms with Gasteiger partial charge < -0.3 is 14.4 Å². The van der Waals surface area contributed by atoms with E-state index in [0.29, 0.717) is 22.6 Å². The Balaban J connectivity index is 0.000000169. The highest BCUT2D eigenvalue weighted by atomic mass is 32.2. The first-order valence-electron chi connectivity index (χ1n) is 14.2. The minimum absolute atomic E-state index is 0.203. The SMILES string of the molecule is F[SH+]c1cccc(-c2ccccc2)c1-c1ccccc1.O=S(=O)([O-])C(F)(F)COCC(O)C12CC3CC(CC(C3)C1)C2. The number of aliphatic hydroxyl groups excluding tert-OH is 1. The summed E-state index contributed by atoms with van der Waals surface area (Å²) in [5, 5.41) is 5.97. The summed E-state index contributed by atoms with van der Waals surface area (Å²) in [6.07, 6.45) is 5.36. The zero-order valence-corrected chi connectivity index (χ0v) is 24.8.